The quantitative estimate of drug-likeness (QED) is 0.669. The number of Topliss-reactive ketones (excluding diaryl/α,β-unsaturated/α-hetero) is 1. The molecule has 1 aromatic heterocycles. The van der Waals surface area contributed by atoms with E-state index in [4.69, 9.17) is 0 Å². The van der Waals surface area contributed by atoms with E-state index in [0.717, 1.165) is 6.42 Å². The van der Waals surface area contributed by atoms with Crippen molar-refractivity contribution in [2.75, 3.05) is 0 Å². The molecule has 0 aliphatic heterocycles. The van der Waals surface area contributed by atoms with Gasteiger partial charge in [-0.2, -0.15) is 0 Å². The van der Waals surface area contributed by atoms with Gasteiger partial charge in [0.1, 0.15) is 17.4 Å². The average molecular weight is 359 g/mol. The third-order valence-electron chi connectivity index (χ3n) is 2.97. The summed E-state index contributed by atoms with van der Waals surface area (Å²) in [6.07, 6.45) is 1.67. The molecule has 0 aliphatic carbocycles. The Balaban J connectivity index is 1.90. The Morgan fingerprint density at radius 3 is 2.75 bits per heavy atom. The first-order valence-electron chi connectivity index (χ1n) is 6.24. The van der Waals surface area contributed by atoms with Gasteiger partial charge in [0.15, 0.2) is 0 Å². The smallest absolute Gasteiger partial charge is 0.143 e. The summed E-state index contributed by atoms with van der Waals surface area (Å²) in [5.41, 5.74) is -0.152. The summed E-state index contributed by atoms with van der Waals surface area (Å²) in [5.74, 6) is -1.49. The summed E-state index contributed by atoms with van der Waals surface area (Å²) in [6, 6.07) is 6.45. The van der Waals surface area contributed by atoms with Crippen LogP contribution in [0.5, 0.6) is 0 Å². The molecular weight excluding hydrogens is 346 g/mol. The molecule has 2 rings (SSSR count). The lowest BCUT2D eigenvalue weighted by atomic mass is 10.0. The van der Waals surface area contributed by atoms with Gasteiger partial charge in [0, 0.05) is 23.3 Å². The largest absolute Gasteiger partial charge is 0.299 e. The van der Waals surface area contributed by atoms with E-state index < -0.39 is 11.6 Å². The molecule has 0 radical (unpaired) electrons. The van der Waals surface area contributed by atoms with Crippen molar-refractivity contribution in [3.05, 3.63) is 56.2 Å². The Bertz CT molecular complexity index is 596. The van der Waals surface area contributed by atoms with Gasteiger partial charge in [0.25, 0.3) is 0 Å². The van der Waals surface area contributed by atoms with E-state index in [-0.39, 0.29) is 22.2 Å². The maximum atomic E-state index is 13.7. The van der Waals surface area contributed by atoms with Crippen LogP contribution in [0.2, 0.25) is 0 Å². The van der Waals surface area contributed by atoms with Gasteiger partial charge in [-0.1, -0.05) is 6.07 Å². The molecule has 1 heterocycles. The van der Waals surface area contributed by atoms with Crippen molar-refractivity contribution in [2.24, 2.45) is 0 Å². The lowest BCUT2D eigenvalue weighted by molar-refractivity contribution is -0.118. The van der Waals surface area contributed by atoms with Crippen molar-refractivity contribution in [1.29, 1.82) is 0 Å². The molecule has 1 aromatic carbocycles. The Morgan fingerprint density at radius 1 is 1.25 bits per heavy atom. The highest BCUT2D eigenvalue weighted by atomic mass is 79.9. The van der Waals surface area contributed by atoms with Gasteiger partial charge >= 0.3 is 0 Å². The van der Waals surface area contributed by atoms with Crippen molar-refractivity contribution in [2.45, 2.75) is 25.7 Å². The van der Waals surface area contributed by atoms with Gasteiger partial charge in [-0.25, -0.2) is 8.78 Å². The lowest BCUT2D eigenvalue weighted by Gasteiger charge is -2.06. The van der Waals surface area contributed by atoms with Crippen LogP contribution in [0, 0.1) is 11.6 Å². The number of rotatable bonds is 6. The second kappa shape index (κ2) is 7.09. The molecule has 0 saturated carbocycles. The summed E-state index contributed by atoms with van der Waals surface area (Å²) in [7, 11) is 0. The van der Waals surface area contributed by atoms with Crippen LogP contribution in [0.1, 0.15) is 23.3 Å². The molecule has 0 bridgehead atoms. The summed E-state index contributed by atoms with van der Waals surface area (Å²) in [4.78, 5) is 13.0. The number of aryl methyl sites for hydroxylation is 1. The summed E-state index contributed by atoms with van der Waals surface area (Å²) >= 11 is 4.65. The first kappa shape index (κ1) is 15.3. The minimum Gasteiger partial charge on any atom is -0.299 e. The van der Waals surface area contributed by atoms with Crippen LogP contribution in [0.3, 0.4) is 0 Å². The zero-order valence-corrected chi connectivity index (χ0v) is 13.1. The number of carbonyl (C=O) groups excluding carboxylic acids is 1. The first-order chi connectivity index (χ1) is 9.58. The van der Waals surface area contributed by atoms with Crippen LogP contribution >= 0.6 is 27.3 Å². The summed E-state index contributed by atoms with van der Waals surface area (Å²) in [5, 5.41) is 1.99. The summed E-state index contributed by atoms with van der Waals surface area (Å²) in [6.45, 7) is 0. The van der Waals surface area contributed by atoms with E-state index in [0.29, 0.717) is 12.8 Å². The third kappa shape index (κ3) is 3.96. The van der Waals surface area contributed by atoms with E-state index in [1.165, 1.54) is 17.0 Å². The highest BCUT2D eigenvalue weighted by Gasteiger charge is 2.15. The highest BCUT2D eigenvalue weighted by Crippen LogP contribution is 2.22. The van der Waals surface area contributed by atoms with Crippen molar-refractivity contribution in [3.8, 4) is 0 Å². The van der Waals surface area contributed by atoms with E-state index >= 15 is 0 Å². The molecule has 5 heteroatoms. The maximum Gasteiger partial charge on any atom is 0.143 e. The van der Waals surface area contributed by atoms with Gasteiger partial charge < -0.3 is 0 Å². The molecule has 0 N–H and O–H groups in total. The van der Waals surface area contributed by atoms with Gasteiger partial charge in [-0.3, -0.25) is 4.79 Å². The Kier molecular flexibility index (Phi) is 5.43. The minimum absolute atomic E-state index is 0.141. The Morgan fingerprint density at radius 2 is 2.05 bits per heavy atom. The average Bonchev–Trinajstić information content (AvgIpc) is 2.92. The van der Waals surface area contributed by atoms with Crippen LogP contribution in [0.25, 0.3) is 0 Å². The van der Waals surface area contributed by atoms with Gasteiger partial charge in [0.2, 0.25) is 0 Å². The van der Waals surface area contributed by atoms with Crippen LogP contribution < -0.4 is 0 Å². The third-order valence-corrected chi connectivity index (χ3v) is 4.52. The number of carbonyl (C=O) groups is 1. The number of halogens is 3. The van der Waals surface area contributed by atoms with Crippen LogP contribution in [0.15, 0.2) is 34.1 Å². The molecule has 1 nitrogen and oxygen atoms in total. The fourth-order valence-corrected chi connectivity index (χ4v) is 3.05. The second-order valence-corrected chi connectivity index (χ2v) is 6.36. The Labute approximate surface area is 128 Å². The monoisotopic (exact) mass is 358 g/mol. The topological polar surface area (TPSA) is 17.1 Å². The van der Waals surface area contributed by atoms with Crippen molar-refractivity contribution in [3.63, 3.8) is 0 Å². The zero-order chi connectivity index (χ0) is 14.5. The number of hydrogen-bond acceptors (Lipinski definition) is 2. The molecule has 0 spiro atoms. The van der Waals surface area contributed by atoms with Crippen molar-refractivity contribution < 1.29 is 13.6 Å². The highest BCUT2D eigenvalue weighted by molar-refractivity contribution is 9.10. The van der Waals surface area contributed by atoms with Crippen LogP contribution in [0.4, 0.5) is 8.78 Å². The minimum atomic E-state index is -0.684. The summed E-state index contributed by atoms with van der Waals surface area (Å²) < 4.78 is 27.4. The normalized spacial score (nSPS) is 10.8. The Hall–Kier alpha value is -1.07. The molecule has 0 saturated heterocycles. The second-order valence-electron chi connectivity index (χ2n) is 4.47. The molecule has 106 valence electrons. The lowest BCUT2D eigenvalue weighted by Crippen LogP contribution is -2.07. The van der Waals surface area contributed by atoms with E-state index in [1.807, 2.05) is 17.5 Å². The molecule has 0 fully saturated rings. The number of thiophene rings is 1. The van der Waals surface area contributed by atoms with Crippen molar-refractivity contribution >= 4 is 33.0 Å². The fraction of sp³-hybridized carbons (Fsp3) is 0.267. The molecular formula is C15H13BrF2OS. The van der Waals surface area contributed by atoms with Gasteiger partial charge in [0.05, 0.1) is 4.47 Å². The molecule has 0 amide bonds. The SMILES string of the molecule is O=C(CCCc1cccs1)Cc1c(F)ccc(Br)c1F. The predicted molar refractivity (Wildman–Crippen MR) is 80.0 cm³/mol. The maximum absolute atomic E-state index is 13.7. The fourth-order valence-electron chi connectivity index (χ4n) is 1.93. The number of benzene rings is 1. The number of hydrogen-bond donors (Lipinski definition) is 0. The van der Waals surface area contributed by atoms with E-state index in [9.17, 15) is 13.6 Å². The zero-order valence-electron chi connectivity index (χ0n) is 10.7. The van der Waals surface area contributed by atoms with E-state index in [1.54, 1.807) is 11.3 Å². The first-order valence-corrected chi connectivity index (χ1v) is 7.91. The molecule has 0 atom stereocenters. The van der Waals surface area contributed by atoms with Crippen LogP contribution in [-0.4, -0.2) is 5.78 Å². The van der Waals surface area contributed by atoms with Crippen LogP contribution in [-0.2, 0) is 17.6 Å². The van der Waals surface area contributed by atoms with Gasteiger partial charge in [-0.05, 0) is 52.4 Å². The van der Waals surface area contributed by atoms with Crippen molar-refractivity contribution in [1.82, 2.24) is 0 Å². The predicted octanol–water partition coefficient (Wildman–Crippen LogP) is 4.92. The molecule has 2 aromatic rings. The molecule has 20 heavy (non-hydrogen) atoms. The molecule has 0 aliphatic rings. The number of ketones is 1. The molecule has 0 unspecified atom stereocenters. The van der Waals surface area contributed by atoms with E-state index in [2.05, 4.69) is 15.9 Å². The van der Waals surface area contributed by atoms with Gasteiger partial charge in [-0.15, -0.1) is 11.3 Å². The standard InChI is InChI=1S/C15H13BrF2OS/c16-13-6-7-14(17)12(15(13)18)9-10(19)3-1-4-11-5-2-8-20-11/h2,5-8H,1,3-4,9H2.